The third kappa shape index (κ3) is 3.17. The van der Waals surface area contributed by atoms with E-state index in [2.05, 4.69) is 20.2 Å². The summed E-state index contributed by atoms with van der Waals surface area (Å²) >= 11 is 5.90. The molecule has 3 aliphatic heterocycles. The predicted octanol–water partition coefficient (Wildman–Crippen LogP) is 1.90. The summed E-state index contributed by atoms with van der Waals surface area (Å²) in [6.07, 6.45) is 6.05. The Morgan fingerprint density at radius 1 is 1.25 bits per heavy atom. The van der Waals surface area contributed by atoms with Crippen LogP contribution in [0.2, 0.25) is 5.02 Å². The van der Waals surface area contributed by atoms with Gasteiger partial charge in [-0.25, -0.2) is 15.0 Å². The highest BCUT2D eigenvalue weighted by atomic mass is 35.5. The zero-order chi connectivity index (χ0) is 19.3. The maximum atomic E-state index is 12.5. The van der Waals surface area contributed by atoms with Crippen LogP contribution in [0.4, 0.5) is 11.5 Å². The van der Waals surface area contributed by atoms with E-state index in [9.17, 15) is 9.32 Å². The van der Waals surface area contributed by atoms with Gasteiger partial charge >= 0.3 is 0 Å². The summed E-state index contributed by atoms with van der Waals surface area (Å²) in [5, 5.41) is 14.1. The minimum absolute atomic E-state index is 0.315. The van der Waals surface area contributed by atoms with Gasteiger partial charge in [-0.15, -0.1) is 0 Å². The molecule has 0 amide bonds. The van der Waals surface area contributed by atoms with Crippen molar-refractivity contribution in [3.8, 4) is 0 Å². The SMILES string of the molecule is O=[S@]1CCc2nc(N3CCC(c4ncc(Cl)cn4)CC3)c3c(c21)NCC(O)C3. The normalized spacial score (nSPS) is 24.6. The van der Waals surface area contributed by atoms with Crippen LogP contribution >= 0.6 is 11.6 Å². The molecule has 1 fully saturated rings. The van der Waals surface area contributed by atoms with Crippen LogP contribution in [0.15, 0.2) is 17.3 Å². The number of β-amino-alcohol motifs (C(OH)–C–C–N with tert-alkyl or cyclic N) is 1. The van der Waals surface area contributed by atoms with Crippen molar-refractivity contribution in [2.24, 2.45) is 0 Å². The number of aryl methyl sites for hydroxylation is 1. The lowest BCUT2D eigenvalue weighted by Gasteiger charge is -2.36. The molecule has 1 unspecified atom stereocenters. The zero-order valence-corrected chi connectivity index (χ0v) is 17.0. The van der Waals surface area contributed by atoms with Gasteiger partial charge in [-0.1, -0.05) is 11.6 Å². The molecule has 0 aliphatic carbocycles. The molecular formula is C19H22ClN5O2S. The van der Waals surface area contributed by atoms with Crippen LogP contribution in [-0.4, -0.2) is 55.8 Å². The summed E-state index contributed by atoms with van der Waals surface area (Å²) in [7, 11) is -0.997. The Kier molecular flexibility index (Phi) is 4.72. The van der Waals surface area contributed by atoms with E-state index in [-0.39, 0.29) is 0 Å². The minimum atomic E-state index is -0.997. The average Bonchev–Trinajstić information content (AvgIpc) is 3.09. The summed E-state index contributed by atoms with van der Waals surface area (Å²) in [6.45, 7) is 2.21. The number of aromatic nitrogens is 3. The van der Waals surface area contributed by atoms with Gasteiger partial charge < -0.3 is 15.3 Å². The smallest absolute Gasteiger partial charge is 0.134 e. The van der Waals surface area contributed by atoms with Crippen LogP contribution < -0.4 is 10.2 Å². The highest BCUT2D eigenvalue weighted by Crippen LogP contribution is 2.40. The number of pyridine rings is 1. The van der Waals surface area contributed by atoms with E-state index in [0.29, 0.717) is 29.7 Å². The molecule has 28 heavy (non-hydrogen) atoms. The fourth-order valence-electron chi connectivity index (χ4n) is 4.40. The number of anilines is 2. The Bertz CT molecular complexity index is 931. The van der Waals surface area contributed by atoms with Crippen molar-refractivity contribution in [3.63, 3.8) is 0 Å². The number of aliphatic hydroxyl groups is 1. The number of nitrogens with zero attached hydrogens (tertiary/aromatic N) is 4. The number of fused-ring (bicyclic) bond motifs is 3. The van der Waals surface area contributed by atoms with Crippen LogP contribution in [0.5, 0.6) is 0 Å². The molecule has 0 saturated carbocycles. The van der Waals surface area contributed by atoms with Gasteiger partial charge in [-0.2, -0.15) is 0 Å². The van der Waals surface area contributed by atoms with Gasteiger partial charge in [-0.05, 0) is 12.8 Å². The summed E-state index contributed by atoms with van der Waals surface area (Å²) < 4.78 is 12.5. The number of aliphatic hydroxyl groups excluding tert-OH is 1. The Hall–Kier alpha value is -1.77. The Morgan fingerprint density at radius 2 is 2.00 bits per heavy atom. The summed E-state index contributed by atoms with van der Waals surface area (Å²) in [6, 6.07) is 0. The van der Waals surface area contributed by atoms with Gasteiger partial charge in [0.2, 0.25) is 0 Å². The lowest BCUT2D eigenvalue weighted by atomic mass is 9.94. The Balaban J connectivity index is 1.43. The quantitative estimate of drug-likeness (QED) is 0.768. The van der Waals surface area contributed by atoms with E-state index in [4.69, 9.17) is 16.6 Å². The maximum absolute atomic E-state index is 12.5. The minimum Gasteiger partial charge on any atom is -0.391 e. The first-order valence-electron chi connectivity index (χ1n) is 9.68. The van der Waals surface area contributed by atoms with E-state index >= 15 is 0 Å². The van der Waals surface area contributed by atoms with Crippen molar-refractivity contribution < 1.29 is 9.32 Å². The average molecular weight is 420 g/mol. The molecule has 148 valence electrons. The molecule has 2 atom stereocenters. The monoisotopic (exact) mass is 419 g/mol. The fourth-order valence-corrected chi connectivity index (χ4v) is 5.91. The first-order valence-corrected chi connectivity index (χ1v) is 11.4. The summed E-state index contributed by atoms with van der Waals surface area (Å²) in [4.78, 5) is 16.8. The molecule has 9 heteroatoms. The maximum Gasteiger partial charge on any atom is 0.134 e. The van der Waals surface area contributed by atoms with E-state index in [1.54, 1.807) is 12.4 Å². The molecule has 0 spiro atoms. The van der Waals surface area contributed by atoms with Gasteiger partial charge in [0, 0.05) is 62.1 Å². The number of halogens is 1. The number of piperidine rings is 1. The molecule has 5 rings (SSSR count). The van der Waals surface area contributed by atoms with Crippen molar-refractivity contribution >= 4 is 33.9 Å². The topological polar surface area (TPSA) is 91.2 Å². The molecule has 0 bridgehead atoms. The molecule has 2 N–H and O–H groups in total. The molecule has 5 heterocycles. The van der Waals surface area contributed by atoms with E-state index in [0.717, 1.165) is 65.8 Å². The molecule has 2 aromatic rings. The number of hydrogen-bond acceptors (Lipinski definition) is 7. The van der Waals surface area contributed by atoms with Crippen LogP contribution in [0.25, 0.3) is 0 Å². The molecule has 0 aromatic carbocycles. The number of hydrogen-bond donors (Lipinski definition) is 2. The van der Waals surface area contributed by atoms with E-state index in [1.807, 2.05) is 0 Å². The first kappa shape index (κ1) is 18.3. The molecule has 0 radical (unpaired) electrons. The van der Waals surface area contributed by atoms with Gasteiger partial charge in [-0.3, -0.25) is 4.21 Å². The summed E-state index contributed by atoms with van der Waals surface area (Å²) in [5.41, 5.74) is 2.90. The second-order valence-corrected chi connectivity index (χ2v) is 9.57. The Morgan fingerprint density at radius 3 is 2.75 bits per heavy atom. The lowest BCUT2D eigenvalue weighted by molar-refractivity contribution is 0.184. The van der Waals surface area contributed by atoms with Crippen molar-refractivity contribution in [3.05, 3.63) is 34.5 Å². The Labute approximate surface area is 171 Å². The van der Waals surface area contributed by atoms with Crippen molar-refractivity contribution in [1.29, 1.82) is 0 Å². The predicted molar refractivity (Wildman–Crippen MR) is 109 cm³/mol. The van der Waals surface area contributed by atoms with E-state index < -0.39 is 16.9 Å². The van der Waals surface area contributed by atoms with Gasteiger partial charge in [0.1, 0.15) is 11.6 Å². The summed E-state index contributed by atoms with van der Waals surface area (Å²) in [5.74, 6) is 2.74. The van der Waals surface area contributed by atoms with Crippen molar-refractivity contribution in [2.75, 3.05) is 35.6 Å². The number of nitrogens with one attached hydrogen (secondary N) is 1. The zero-order valence-electron chi connectivity index (χ0n) is 15.4. The molecule has 7 nitrogen and oxygen atoms in total. The van der Waals surface area contributed by atoms with Crippen molar-refractivity contribution in [1.82, 2.24) is 15.0 Å². The van der Waals surface area contributed by atoms with Crippen LogP contribution in [-0.2, 0) is 23.6 Å². The van der Waals surface area contributed by atoms with Crippen LogP contribution in [0.1, 0.15) is 35.8 Å². The molecule has 3 aliphatic rings. The van der Waals surface area contributed by atoms with E-state index in [1.165, 1.54) is 0 Å². The molecular weight excluding hydrogens is 398 g/mol. The van der Waals surface area contributed by atoms with Gasteiger partial charge in [0.25, 0.3) is 0 Å². The van der Waals surface area contributed by atoms with Crippen molar-refractivity contribution in [2.45, 2.75) is 42.6 Å². The van der Waals surface area contributed by atoms with Crippen LogP contribution in [0, 0.1) is 0 Å². The largest absolute Gasteiger partial charge is 0.391 e. The third-order valence-electron chi connectivity index (χ3n) is 5.81. The number of rotatable bonds is 2. The first-order chi connectivity index (χ1) is 13.6. The standard InChI is InChI=1S/C19H22ClN5O2S/c20-12-8-22-18(23-9-12)11-1-4-25(5-2-11)19-14-7-13(26)10-21-16(14)17-15(24-19)3-6-28(17)27/h8-9,11,13,21,26H,1-7,10H2/t13?,28-/m0/s1. The molecule has 1 saturated heterocycles. The van der Waals surface area contributed by atoms with Gasteiger partial charge in [0.15, 0.2) is 0 Å². The highest BCUT2D eigenvalue weighted by Gasteiger charge is 2.34. The third-order valence-corrected chi connectivity index (χ3v) is 7.47. The second-order valence-electron chi connectivity index (χ2n) is 7.62. The van der Waals surface area contributed by atoms with Crippen LogP contribution in [0.3, 0.4) is 0 Å². The lowest BCUT2D eigenvalue weighted by Crippen LogP contribution is -2.37. The highest BCUT2D eigenvalue weighted by molar-refractivity contribution is 7.85. The second kappa shape index (κ2) is 7.24. The fraction of sp³-hybridized carbons (Fsp3) is 0.526. The molecule has 2 aromatic heterocycles. The van der Waals surface area contributed by atoms with Gasteiger partial charge in [0.05, 0.1) is 38.2 Å².